The maximum atomic E-state index is 11.4. The van der Waals surface area contributed by atoms with Crippen LogP contribution in [0.1, 0.15) is 32.6 Å². The van der Waals surface area contributed by atoms with Crippen LogP contribution < -0.4 is 0 Å². The number of hydrogen-bond acceptors (Lipinski definition) is 5. The van der Waals surface area contributed by atoms with Crippen molar-refractivity contribution in [2.24, 2.45) is 0 Å². The zero-order valence-corrected chi connectivity index (χ0v) is 11.4. The number of carbonyl (C=O) groups excluding carboxylic acids is 1. The van der Waals surface area contributed by atoms with Crippen LogP contribution in [0.3, 0.4) is 0 Å². The monoisotopic (exact) mass is 267 g/mol. The zero-order valence-electron chi connectivity index (χ0n) is 9.73. The van der Waals surface area contributed by atoms with Crippen molar-refractivity contribution in [3.8, 4) is 0 Å². The van der Waals surface area contributed by atoms with Crippen LogP contribution in [0.25, 0.3) is 0 Å². The van der Waals surface area contributed by atoms with Gasteiger partial charge < -0.3 is 9.08 Å². The Morgan fingerprint density at radius 2 is 1.88 bits per heavy atom. The fourth-order valence-electron chi connectivity index (χ4n) is 0.943. The summed E-state index contributed by atoms with van der Waals surface area (Å²) in [5.41, 5.74) is 0. The van der Waals surface area contributed by atoms with E-state index in [2.05, 4.69) is 16.4 Å². The highest BCUT2D eigenvalue weighted by atomic mass is 32.2. The predicted octanol–water partition coefficient (Wildman–Crippen LogP) is 1.29. The van der Waals surface area contributed by atoms with E-state index in [0.717, 1.165) is 12.8 Å². The standard InChI is InChI=1S/C9H17NO4S2/c1-4-5-6-7-8(11)14-16(12,13)9(15)10(2)3/h4-7H2,1-3H3. The fourth-order valence-corrected chi connectivity index (χ4v) is 1.89. The van der Waals surface area contributed by atoms with Gasteiger partial charge in [-0.05, 0) is 18.6 Å². The van der Waals surface area contributed by atoms with Gasteiger partial charge in [-0.3, -0.25) is 4.79 Å². The van der Waals surface area contributed by atoms with E-state index >= 15 is 0 Å². The third-order valence-electron chi connectivity index (χ3n) is 1.77. The average Bonchev–Trinajstić information content (AvgIpc) is 2.16. The summed E-state index contributed by atoms with van der Waals surface area (Å²) in [5.74, 6) is -0.752. The summed E-state index contributed by atoms with van der Waals surface area (Å²) < 4.78 is 26.7. The number of unbranched alkanes of at least 4 members (excludes halogenated alkanes) is 2. The quantitative estimate of drug-likeness (QED) is 0.434. The van der Waals surface area contributed by atoms with Gasteiger partial charge in [0, 0.05) is 20.5 Å². The molecule has 94 valence electrons. The van der Waals surface area contributed by atoms with Gasteiger partial charge in [0.15, 0.2) is 0 Å². The summed E-state index contributed by atoms with van der Waals surface area (Å²) in [6.07, 6.45) is 2.55. The Morgan fingerprint density at radius 1 is 1.31 bits per heavy atom. The molecule has 0 aromatic rings. The summed E-state index contributed by atoms with van der Waals surface area (Å²) >= 11 is 4.63. The van der Waals surface area contributed by atoms with E-state index in [1.54, 1.807) is 0 Å². The van der Waals surface area contributed by atoms with Crippen molar-refractivity contribution in [2.75, 3.05) is 14.1 Å². The van der Waals surface area contributed by atoms with Gasteiger partial charge in [-0.2, -0.15) is 8.42 Å². The molecule has 0 N–H and O–H groups in total. The Bertz CT molecular complexity index is 349. The van der Waals surface area contributed by atoms with Crippen molar-refractivity contribution < 1.29 is 17.4 Å². The molecular weight excluding hydrogens is 250 g/mol. The van der Waals surface area contributed by atoms with E-state index in [1.165, 1.54) is 19.0 Å². The highest BCUT2D eigenvalue weighted by molar-refractivity contribution is 8.14. The third-order valence-corrected chi connectivity index (χ3v) is 3.94. The summed E-state index contributed by atoms with van der Waals surface area (Å²) in [4.78, 5) is 12.4. The first-order valence-corrected chi connectivity index (χ1v) is 6.81. The zero-order chi connectivity index (χ0) is 12.8. The van der Waals surface area contributed by atoms with E-state index in [-0.39, 0.29) is 6.42 Å². The van der Waals surface area contributed by atoms with E-state index in [4.69, 9.17) is 0 Å². The molecule has 0 aliphatic carbocycles. The Labute approximate surface area is 102 Å². The van der Waals surface area contributed by atoms with E-state index in [9.17, 15) is 13.2 Å². The normalized spacial score (nSPS) is 10.9. The second kappa shape index (κ2) is 6.80. The Kier molecular flexibility index (Phi) is 6.51. The Morgan fingerprint density at radius 3 is 2.31 bits per heavy atom. The topological polar surface area (TPSA) is 63.7 Å². The molecule has 0 aliphatic rings. The predicted molar refractivity (Wildman–Crippen MR) is 65.4 cm³/mol. The molecule has 0 amide bonds. The summed E-state index contributed by atoms with van der Waals surface area (Å²) in [6.45, 7) is 1.99. The molecular formula is C9H17NO4S2. The van der Waals surface area contributed by atoms with Crippen LogP contribution >= 0.6 is 12.2 Å². The second-order valence-electron chi connectivity index (χ2n) is 3.53. The summed E-state index contributed by atoms with van der Waals surface area (Å²) in [6, 6.07) is 0. The molecule has 5 nitrogen and oxygen atoms in total. The minimum Gasteiger partial charge on any atom is -0.357 e. The van der Waals surface area contributed by atoms with Crippen LogP contribution in [0.2, 0.25) is 0 Å². The lowest BCUT2D eigenvalue weighted by Gasteiger charge is -2.13. The lowest BCUT2D eigenvalue weighted by Crippen LogP contribution is -2.31. The molecule has 0 aromatic carbocycles. The van der Waals surface area contributed by atoms with Gasteiger partial charge >= 0.3 is 16.1 Å². The fraction of sp³-hybridized carbons (Fsp3) is 0.778. The van der Waals surface area contributed by atoms with Crippen LogP contribution in [-0.2, 0) is 19.1 Å². The first-order valence-electron chi connectivity index (χ1n) is 5.00. The van der Waals surface area contributed by atoms with Crippen molar-refractivity contribution in [2.45, 2.75) is 32.6 Å². The van der Waals surface area contributed by atoms with Crippen LogP contribution in [0.4, 0.5) is 0 Å². The van der Waals surface area contributed by atoms with Gasteiger partial charge in [-0.15, -0.1) is 0 Å². The maximum Gasteiger partial charge on any atom is 0.368 e. The largest absolute Gasteiger partial charge is 0.368 e. The molecule has 0 saturated carbocycles. The maximum absolute atomic E-state index is 11.4. The SMILES string of the molecule is CCCCCC(=O)OS(=O)(=O)C(=S)N(C)C. The van der Waals surface area contributed by atoms with Crippen molar-refractivity contribution in [1.82, 2.24) is 4.90 Å². The molecule has 0 saturated heterocycles. The second-order valence-corrected chi connectivity index (χ2v) is 5.63. The number of hydrogen-bond donors (Lipinski definition) is 0. The Hall–Kier alpha value is -0.690. The number of thiocarbonyl (C=S) groups is 1. The summed E-state index contributed by atoms with van der Waals surface area (Å²) in [5, 5.41) is 0. The Balaban J connectivity index is 4.27. The highest BCUT2D eigenvalue weighted by Crippen LogP contribution is 2.06. The molecule has 0 aromatic heterocycles. The molecule has 7 heteroatoms. The van der Waals surface area contributed by atoms with Crippen molar-refractivity contribution in [3.63, 3.8) is 0 Å². The van der Waals surface area contributed by atoms with E-state index in [1.807, 2.05) is 6.92 Å². The molecule has 0 aliphatic heterocycles. The van der Waals surface area contributed by atoms with Crippen LogP contribution in [0, 0.1) is 0 Å². The van der Waals surface area contributed by atoms with Gasteiger partial charge in [0.2, 0.25) is 4.32 Å². The molecule has 0 unspecified atom stereocenters. The van der Waals surface area contributed by atoms with Gasteiger partial charge in [0.05, 0.1) is 0 Å². The molecule has 0 rings (SSSR count). The van der Waals surface area contributed by atoms with Gasteiger partial charge in [0.1, 0.15) is 0 Å². The molecule has 0 bridgehead atoms. The first-order chi connectivity index (χ1) is 7.31. The van der Waals surface area contributed by atoms with Crippen molar-refractivity contribution in [3.05, 3.63) is 0 Å². The van der Waals surface area contributed by atoms with Gasteiger partial charge in [0.25, 0.3) is 0 Å². The van der Waals surface area contributed by atoms with Crippen LogP contribution in [-0.4, -0.2) is 37.7 Å². The first kappa shape index (κ1) is 15.3. The molecule has 0 fully saturated rings. The van der Waals surface area contributed by atoms with E-state index < -0.39 is 20.4 Å². The summed E-state index contributed by atoms with van der Waals surface area (Å²) in [7, 11) is -1.13. The highest BCUT2D eigenvalue weighted by Gasteiger charge is 2.24. The lowest BCUT2D eigenvalue weighted by atomic mass is 10.2. The number of nitrogens with zero attached hydrogens (tertiary/aromatic N) is 1. The van der Waals surface area contributed by atoms with Crippen molar-refractivity contribution in [1.29, 1.82) is 0 Å². The molecule has 0 heterocycles. The van der Waals surface area contributed by atoms with Crippen LogP contribution in [0.15, 0.2) is 0 Å². The van der Waals surface area contributed by atoms with E-state index in [0.29, 0.717) is 6.42 Å². The smallest absolute Gasteiger partial charge is 0.357 e. The molecule has 0 radical (unpaired) electrons. The number of rotatable bonds is 4. The van der Waals surface area contributed by atoms with Crippen LogP contribution in [0.5, 0.6) is 0 Å². The molecule has 16 heavy (non-hydrogen) atoms. The number of carbonyl (C=O) groups is 1. The van der Waals surface area contributed by atoms with Gasteiger partial charge in [-0.25, -0.2) is 0 Å². The molecule has 0 atom stereocenters. The van der Waals surface area contributed by atoms with Gasteiger partial charge in [-0.1, -0.05) is 19.8 Å². The minimum absolute atomic E-state index is 0.100. The third kappa shape index (κ3) is 5.41. The molecule has 0 spiro atoms. The lowest BCUT2D eigenvalue weighted by molar-refractivity contribution is -0.133. The average molecular weight is 267 g/mol. The minimum atomic E-state index is -4.09. The van der Waals surface area contributed by atoms with Crippen molar-refractivity contribution >= 4 is 32.6 Å².